The fraction of sp³-hybridized carbons (Fsp3) is 0.389. The lowest BCUT2D eigenvalue weighted by molar-refractivity contribution is 0.0931. The predicted octanol–water partition coefficient (Wildman–Crippen LogP) is 3.47. The fourth-order valence-corrected chi connectivity index (χ4v) is 4.22. The molecule has 23 heavy (non-hydrogen) atoms. The summed E-state index contributed by atoms with van der Waals surface area (Å²) in [6.07, 6.45) is 3.46. The number of nitrogens with one attached hydrogen (secondary N) is 2. The van der Waals surface area contributed by atoms with Crippen molar-refractivity contribution in [3.63, 3.8) is 0 Å². The predicted molar refractivity (Wildman–Crippen MR) is 91.4 cm³/mol. The molecule has 4 rings (SSSR count). The van der Waals surface area contributed by atoms with E-state index < -0.39 is 0 Å². The van der Waals surface area contributed by atoms with E-state index in [0.29, 0.717) is 17.6 Å². The van der Waals surface area contributed by atoms with E-state index >= 15 is 0 Å². The average molecular weight is 328 g/mol. The van der Waals surface area contributed by atoms with Gasteiger partial charge in [0.2, 0.25) is 0 Å². The highest BCUT2D eigenvalue weighted by atomic mass is 32.1. The maximum atomic E-state index is 12.4. The minimum atomic E-state index is 0.00266. The van der Waals surface area contributed by atoms with Crippen molar-refractivity contribution in [3.8, 4) is 10.8 Å². The first-order valence-corrected chi connectivity index (χ1v) is 8.90. The Balaban J connectivity index is 1.38. The molecule has 2 N–H and O–H groups in total. The average Bonchev–Trinajstić information content (AvgIpc) is 3.25. The molecule has 2 saturated heterocycles. The molecule has 2 bridgehead atoms. The number of amides is 1. The van der Waals surface area contributed by atoms with Crippen LogP contribution in [0.4, 0.5) is 0 Å². The Morgan fingerprint density at radius 2 is 2.04 bits per heavy atom. The summed E-state index contributed by atoms with van der Waals surface area (Å²) >= 11 is 1.61. The molecule has 1 amide bonds. The van der Waals surface area contributed by atoms with E-state index in [1.807, 2.05) is 36.4 Å². The number of rotatable bonds is 4. The topological polar surface area (TPSA) is 50.4 Å². The second kappa shape index (κ2) is 5.98. The molecule has 2 aromatic rings. The van der Waals surface area contributed by atoms with Crippen LogP contribution < -0.4 is 15.4 Å². The normalized spacial score (nSPS) is 25.5. The summed E-state index contributed by atoms with van der Waals surface area (Å²) < 4.78 is 5.78. The molecule has 3 heterocycles. The maximum Gasteiger partial charge on any atom is 0.251 e. The molecular weight excluding hydrogens is 308 g/mol. The van der Waals surface area contributed by atoms with E-state index in [0.717, 1.165) is 17.2 Å². The van der Waals surface area contributed by atoms with E-state index in [1.165, 1.54) is 17.7 Å². The summed E-state index contributed by atoms with van der Waals surface area (Å²) in [5, 5.41) is 7.57. The number of hydrogen-bond donors (Lipinski definition) is 2. The van der Waals surface area contributed by atoms with Crippen LogP contribution in [0.5, 0.6) is 10.8 Å². The van der Waals surface area contributed by atoms with Crippen molar-refractivity contribution in [3.05, 3.63) is 46.8 Å². The first-order valence-electron chi connectivity index (χ1n) is 8.09. The molecule has 0 unspecified atom stereocenters. The molecule has 0 radical (unpaired) electrons. The third-order valence-corrected chi connectivity index (χ3v) is 5.55. The number of benzene rings is 1. The summed E-state index contributed by atoms with van der Waals surface area (Å²) in [7, 11) is 0. The van der Waals surface area contributed by atoms with Crippen LogP contribution in [0.3, 0.4) is 0 Å². The zero-order valence-electron chi connectivity index (χ0n) is 13.0. The Hall–Kier alpha value is -1.85. The number of carbonyl (C=O) groups excluding carboxylic acids is 1. The van der Waals surface area contributed by atoms with Crippen LogP contribution in [-0.2, 0) is 0 Å². The number of carbonyl (C=O) groups is 1. The van der Waals surface area contributed by atoms with Crippen LogP contribution >= 0.6 is 11.3 Å². The smallest absolute Gasteiger partial charge is 0.251 e. The van der Waals surface area contributed by atoms with Gasteiger partial charge in [-0.2, -0.15) is 0 Å². The molecule has 1 aromatic heterocycles. The highest BCUT2D eigenvalue weighted by Gasteiger charge is 2.39. The largest absolute Gasteiger partial charge is 0.447 e. The van der Waals surface area contributed by atoms with Crippen molar-refractivity contribution in [1.29, 1.82) is 0 Å². The van der Waals surface area contributed by atoms with Crippen LogP contribution in [0.2, 0.25) is 0 Å². The number of fused-ring (bicyclic) bond motifs is 2. The van der Waals surface area contributed by atoms with Gasteiger partial charge in [-0.05, 0) is 62.6 Å². The third-order valence-electron chi connectivity index (χ3n) is 4.67. The van der Waals surface area contributed by atoms with Crippen LogP contribution in [0, 0.1) is 6.92 Å². The van der Waals surface area contributed by atoms with Gasteiger partial charge in [0.25, 0.3) is 5.91 Å². The van der Waals surface area contributed by atoms with Gasteiger partial charge in [0.1, 0.15) is 5.75 Å². The third kappa shape index (κ3) is 3.12. The van der Waals surface area contributed by atoms with Gasteiger partial charge in [0, 0.05) is 28.6 Å². The van der Waals surface area contributed by atoms with Gasteiger partial charge in [0.15, 0.2) is 5.06 Å². The van der Waals surface area contributed by atoms with E-state index in [4.69, 9.17) is 4.74 Å². The summed E-state index contributed by atoms with van der Waals surface area (Å²) in [5.74, 6) is 0.757. The lowest BCUT2D eigenvalue weighted by Gasteiger charge is -2.21. The first kappa shape index (κ1) is 14.7. The first-order chi connectivity index (χ1) is 11.2. The van der Waals surface area contributed by atoms with Gasteiger partial charge >= 0.3 is 0 Å². The van der Waals surface area contributed by atoms with Crippen molar-refractivity contribution in [2.75, 3.05) is 0 Å². The second-order valence-electron chi connectivity index (χ2n) is 6.35. The molecule has 2 aliphatic rings. The van der Waals surface area contributed by atoms with Gasteiger partial charge in [-0.1, -0.05) is 0 Å². The molecule has 0 aliphatic carbocycles. The summed E-state index contributed by atoms with van der Waals surface area (Å²) in [5.41, 5.74) is 0.683. The lowest BCUT2D eigenvalue weighted by Crippen LogP contribution is -2.42. The van der Waals surface area contributed by atoms with Gasteiger partial charge in [0.05, 0.1) is 0 Å². The van der Waals surface area contributed by atoms with Crippen molar-refractivity contribution >= 4 is 17.2 Å². The van der Waals surface area contributed by atoms with Crippen LogP contribution in [-0.4, -0.2) is 24.0 Å². The Bertz CT molecular complexity index is 710. The molecule has 120 valence electrons. The maximum absolute atomic E-state index is 12.4. The quantitative estimate of drug-likeness (QED) is 0.903. The zero-order valence-corrected chi connectivity index (χ0v) is 13.9. The molecule has 3 atom stereocenters. The Labute approximate surface area is 139 Å². The number of hydrogen-bond acceptors (Lipinski definition) is 4. The number of thiophene rings is 1. The monoisotopic (exact) mass is 328 g/mol. The van der Waals surface area contributed by atoms with E-state index in [1.54, 1.807) is 11.3 Å². The standard InChI is InChI=1S/C18H20N2O2S/c1-11-2-9-17(23-11)22-14-6-3-12(4-7-14)18(21)20-16-10-13-5-8-15(16)19-13/h2-4,6-7,9,13,15-16,19H,5,8,10H2,1H3,(H,20,21)/t13-,15+,16-/m1/s1. The highest BCUT2D eigenvalue weighted by molar-refractivity contribution is 7.13. The lowest BCUT2D eigenvalue weighted by atomic mass is 9.95. The molecule has 2 aliphatic heterocycles. The van der Waals surface area contributed by atoms with E-state index in [-0.39, 0.29) is 11.9 Å². The molecule has 4 nitrogen and oxygen atoms in total. The van der Waals surface area contributed by atoms with Crippen LogP contribution in [0.1, 0.15) is 34.5 Å². The van der Waals surface area contributed by atoms with Crippen LogP contribution in [0.25, 0.3) is 0 Å². The molecule has 0 saturated carbocycles. The van der Waals surface area contributed by atoms with Gasteiger partial charge in [-0.3, -0.25) is 4.79 Å². The minimum Gasteiger partial charge on any atom is -0.447 e. The summed E-state index contributed by atoms with van der Waals surface area (Å²) in [6, 6.07) is 12.7. The molecule has 5 heteroatoms. The fourth-order valence-electron chi connectivity index (χ4n) is 3.49. The summed E-state index contributed by atoms with van der Waals surface area (Å²) in [6.45, 7) is 2.05. The van der Waals surface area contributed by atoms with Crippen LogP contribution in [0.15, 0.2) is 36.4 Å². The Kier molecular flexibility index (Phi) is 3.83. The van der Waals surface area contributed by atoms with Gasteiger partial charge in [-0.15, -0.1) is 11.3 Å². The molecular formula is C18H20N2O2S. The minimum absolute atomic E-state index is 0.00266. The zero-order chi connectivity index (χ0) is 15.8. The molecule has 1 aromatic carbocycles. The van der Waals surface area contributed by atoms with Gasteiger partial charge in [-0.25, -0.2) is 0 Å². The number of ether oxygens (including phenoxy) is 1. The molecule has 2 fully saturated rings. The van der Waals surface area contributed by atoms with E-state index in [2.05, 4.69) is 17.6 Å². The second-order valence-corrected chi connectivity index (χ2v) is 7.61. The van der Waals surface area contributed by atoms with Gasteiger partial charge < -0.3 is 15.4 Å². The SMILES string of the molecule is Cc1ccc(Oc2ccc(C(=O)N[C@@H]3C[C@H]4CC[C@@H]3N4)cc2)s1. The van der Waals surface area contributed by atoms with Crippen molar-refractivity contribution in [2.24, 2.45) is 0 Å². The van der Waals surface area contributed by atoms with Crippen molar-refractivity contribution in [2.45, 2.75) is 44.3 Å². The summed E-state index contributed by atoms with van der Waals surface area (Å²) in [4.78, 5) is 13.6. The Morgan fingerprint density at radius 3 is 2.65 bits per heavy atom. The highest BCUT2D eigenvalue weighted by Crippen LogP contribution is 2.30. The molecule has 0 spiro atoms. The van der Waals surface area contributed by atoms with E-state index in [9.17, 15) is 4.79 Å². The van der Waals surface area contributed by atoms with Crippen molar-refractivity contribution < 1.29 is 9.53 Å². The Morgan fingerprint density at radius 1 is 1.22 bits per heavy atom. The van der Waals surface area contributed by atoms with Crippen molar-refractivity contribution in [1.82, 2.24) is 10.6 Å². The number of aryl methyl sites for hydroxylation is 1.